The molecule has 0 atom stereocenters. The van der Waals surface area contributed by atoms with E-state index in [0.29, 0.717) is 5.69 Å². The van der Waals surface area contributed by atoms with Crippen molar-refractivity contribution in [1.29, 1.82) is 0 Å². The van der Waals surface area contributed by atoms with Gasteiger partial charge in [0.15, 0.2) is 0 Å². The van der Waals surface area contributed by atoms with Gasteiger partial charge in [0.05, 0.1) is 16.5 Å². The quantitative estimate of drug-likeness (QED) is 0.732. The molecule has 1 amide bonds. The van der Waals surface area contributed by atoms with Crippen molar-refractivity contribution in [3.8, 4) is 0 Å². The molecule has 144 valence electrons. The molecule has 0 bridgehead atoms. The van der Waals surface area contributed by atoms with Gasteiger partial charge in [0, 0.05) is 23.8 Å². The summed E-state index contributed by atoms with van der Waals surface area (Å²) in [7, 11) is -3.82. The summed E-state index contributed by atoms with van der Waals surface area (Å²) in [5.74, 6) is -1.15. The topological polar surface area (TPSA) is 86.7 Å². The molecule has 3 rings (SSSR count). The second-order valence-electron chi connectivity index (χ2n) is 6.18. The van der Waals surface area contributed by atoms with Gasteiger partial charge in [-0.1, -0.05) is 17.7 Å². The number of rotatable bonds is 7. The Bertz CT molecular complexity index is 964. The molecular formula is C18H18ClFN2O4S. The van der Waals surface area contributed by atoms with Gasteiger partial charge >= 0.3 is 0 Å². The average molecular weight is 413 g/mol. The van der Waals surface area contributed by atoms with Gasteiger partial charge in [-0.2, -0.15) is 4.31 Å². The number of halogens is 2. The molecule has 27 heavy (non-hydrogen) atoms. The molecule has 1 fully saturated rings. The molecular weight excluding hydrogens is 395 g/mol. The molecule has 1 aliphatic carbocycles. The van der Waals surface area contributed by atoms with Gasteiger partial charge in [0.25, 0.3) is 5.91 Å². The molecule has 2 N–H and O–H groups in total. The van der Waals surface area contributed by atoms with Crippen LogP contribution in [-0.2, 0) is 10.0 Å². The molecule has 9 heteroatoms. The third-order valence-corrected chi connectivity index (χ3v) is 6.39. The number of aliphatic hydroxyl groups is 1. The van der Waals surface area contributed by atoms with Gasteiger partial charge < -0.3 is 10.4 Å². The molecule has 2 aromatic carbocycles. The van der Waals surface area contributed by atoms with Crippen molar-refractivity contribution >= 4 is 33.2 Å². The van der Waals surface area contributed by atoms with Crippen LogP contribution in [0.2, 0.25) is 5.02 Å². The highest BCUT2D eigenvalue weighted by Crippen LogP contribution is 2.32. The Morgan fingerprint density at radius 1 is 1.26 bits per heavy atom. The van der Waals surface area contributed by atoms with E-state index in [2.05, 4.69) is 5.32 Å². The van der Waals surface area contributed by atoms with E-state index in [0.717, 1.165) is 18.9 Å². The van der Waals surface area contributed by atoms with Crippen LogP contribution in [0.25, 0.3) is 0 Å². The first-order chi connectivity index (χ1) is 12.8. The van der Waals surface area contributed by atoms with Crippen molar-refractivity contribution in [3.63, 3.8) is 0 Å². The Morgan fingerprint density at radius 3 is 2.63 bits per heavy atom. The van der Waals surface area contributed by atoms with Gasteiger partial charge in [0.2, 0.25) is 10.0 Å². The standard InChI is InChI=1S/C18H18ClFN2O4S/c19-16-11-13(4-7-17(16)20)21-18(24)12-2-1-3-15(10-12)27(25,26)22(8-9-23)14-5-6-14/h1-4,7,10-11,14,23H,5-6,8-9H2,(H,21,24). The van der Waals surface area contributed by atoms with E-state index in [1.807, 2.05) is 0 Å². The fourth-order valence-electron chi connectivity index (χ4n) is 2.67. The van der Waals surface area contributed by atoms with E-state index in [1.165, 1.54) is 40.7 Å². The number of carbonyl (C=O) groups is 1. The molecule has 0 radical (unpaired) electrons. The molecule has 1 aliphatic rings. The predicted octanol–water partition coefficient (Wildman–Crippen LogP) is 2.88. The zero-order valence-electron chi connectivity index (χ0n) is 14.2. The van der Waals surface area contributed by atoms with Gasteiger partial charge in [-0.3, -0.25) is 4.79 Å². The summed E-state index contributed by atoms with van der Waals surface area (Å²) in [6, 6.07) is 9.29. The van der Waals surface area contributed by atoms with Crippen molar-refractivity contribution in [1.82, 2.24) is 4.31 Å². The largest absolute Gasteiger partial charge is 0.395 e. The number of hydrogen-bond donors (Lipinski definition) is 2. The molecule has 2 aromatic rings. The number of nitrogens with one attached hydrogen (secondary N) is 1. The fraction of sp³-hybridized carbons (Fsp3) is 0.278. The number of benzene rings is 2. The second-order valence-corrected chi connectivity index (χ2v) is 8.48. The lowest BCUT2D eigenvalue weighted by Gasteiger charge is -2.21. The third kappa shape index (κ3) is 4.47. The Labute approximate surface area is 161 Å². The van der Waals surface area contributed by atoms with E-state index >= 15 is 0 Å². The first kappa shape index (κ1) is 19.8. The molecule has 6 nitrogen and oxygen atoms in total. The van der Waals surface area contributed by atoms with Gasteiger partial charge in [0.1, 0.15) is 5.82 Å². The van der Waals surface area contributed by atoms with Gasteiger partial charge in [-0.05, 0) is 49.2 Å². The van der Waals surface area contributed by atoms with Gasteiger partial charge in [-0.15, -0.1) is 0 Å². The monoisotopic (exact) mass is 412 g/mol. The lowest BCUT2D eigenvalue weighted by atomic mass is 10.2. The molecule has 0 aliphatic heterocycles. The normalized spacial score (nSPS) is 14.4. The maximum atomic E-state index is 13.2. The Morgan fingerprint density at radius 2 is 2.00 bits per heavy atom. The van der Waals surface area contributed by atoms with Crippen LogP contribution in [-0.4, -0.2) is 42.9 Å². The van der Waals surface area contributed by atoms with Crippen molar-refractivity contribution in [2.75, 3.05) is 18.5 Å². The minimum absolute atomic E-state index is 0.0114. The molecule has 1 saturated carbocycles. The van der Waals surface area contributed by atoms with Crippen LogP contribution < -0.4 is 5.32 Å². The van der Waals surface area contributed by atoms with E-state index in [-0.39, 0.29) is 34.7 Å². The smallest absolute Gasteiger partial charge is 0.255 e. The maximum Gasteiger partial charge on any atom is 0.255 e. The van der Waals surface area contributed by atoms with Crippen LogP contribution in [0.1, 0.15) is 23.2 Å². The summed E-state index contributed by atoms with van der Waals surface area (Å²) in [6.07, 6.45) is 1.51. The summed E-state index contributed by atoms with van der Waals surface area (Å²) >= 11 is 5.70. The molecule has 0 aromatic heterocycles. The predicted molar refractivity (Wildman–Crippen MR) is 99.8 cm³/mol. The summed E-state index contributed by atoms with van der Waals surface area (Å²) in [6.45, 7) is -0.265. The average Bonchev–Trinajstić information content (AvgIpc) is 3.47. The minimum atomic E-state index is -3.82. The maximum absolute atomic E-state index is 13.2. The number of amides is 1. The van der Waals surface area contributed by atoms with Gasteiger partial charge in [-0.25, -0.2) is 12.8 Å². The van der Waals surface area contributed by atoms with Crippen LogP contribution in [0, 0.1) is 5.82 Å². The Balaban J connectivity index is 1.83. The number of aliphatic hydroxyl groups excluding tert-OH is 1. The zero-order valence-corrected chi connectivity index (χ0v) is 15.8. The van der Waals surface area contributed by atoms with Crippen LogP contribution in [0.4, 0.5) is 10.1 Å². The zero-order chi connectivity index (χ0) is 19.6. The highest BCUT2D eigenvalue weighted by Gasteiger charge is 2.37. The molecule has 0 unspecified atom stereocenters. The highest BCUT2D eigenvalue weighted by atomic mass is 35.5. The summed E-state index contributed by atoms with van der Waals surface area (Å²) < 4.78 is 40.2. The Kier molecular flexibility index (Phi) is 5.81. The van der Waals surface area contributed by atoms with E-state index in [1.54, 1.807) is 0 Å². The summed E-state index contributed by atoms with van der Waals surface area (Å²) in [5, 5.41) is 11.6. The Hall–Kier alpha value is -2.00. The number of carbonyl (C=O) groups excluding carboxylic acids is 1. The van der Waals surface area contributed by atoms with Crippen LogP contribution in [0.15, 0.2) is 47.4 Å². The first-order valence-corrected chi connectivity index (χ1v) is 10.1. The minimum Gasteiger partial charge on any atom is -0.395 e. The van der Waals surface area contributed by atoms with Crippen molar-refractivity contribution in [2.45, 2.75) is 23.8 Å². The van der Waals surface area contributed by atoms with Crippen LogP contribution in [0.5, 0.6) is 0 Å². The number of sulfonamides is 1. The molecule has 0 saturated heterocycles. The number of hydrogen-bond acceptors (Lipinski definition) is 4. The SMILES string of the molecule is O=C(Nc1ccc(F)c(Cl)c1)c1cccc(S(=O)(=O)N(CCO)C2CC2)c1. The van der Waals surface area contributed by atoms with Crippen LogP contribution >= 0.6 is 11.6 Å². The van der Waals surface area contributed by atoms with Crippen LogP contribution in [0.3, 0.4) is 0 Å². The highest BCUT2D eigenvalue weighted by molar-refractivity contribution is 7.89. The third-order valence-electron chi connectivity index (χ3n) is 4.15. The lowest BCUT2D eigenvalue weighted by molar-refractivity contribution is 0.102. The summed E-state index contributed by atoms with van der Waals surface area (Å²) in [5.41, 5.74) is 0.427. The lowest BCUT2D eigenvalue weighted by Crippen LogP contribution is -2.35. The number of anilines is 1. The molecule has 0 heterocycles. The van der Waals surface area contributed by atoms with Crippen molar-refractivity contribution in [3.05, 3.63) is 58.9 Å². The van der Waals surface area contributed by atoms with Crippen molar-refractivity contribution < 1.29 is 22.7 Å². The van der Waals surface area contributed by atoms with E-state index in [9.17, 15) is 17.6 Å². The van der Waals surface area contributed by atoms with E-state index in [4.69, 9.17) is 16.7 Å². The first-order valence-electron chi connectivity index (χ1n) is 8.32. The number of nitrogens with zero attached hydrogens (tertiary/aromatic N) is 1. The molecule has 0 spiro atoms. The second kappa shape index (κ2) is 7.93. The summed E-state index contributed by atoms with van der Waals surface area (Å²) in [4.78, 5) is 12.4. The van der Waals surface area contributed by atoms with E-state index < -0.39 is 21.7 Å². The fourth-order valence-corrected chi connectivity index (χ4v) is 4.57. The van der Waals surface area contributed by atoms with Crippen molar-refractivity contribution in [2.24, 2.45) is 0 Å².